The second-order valence-corrected chi connectivity index (χ2v) is 4.76. The van der Waals surface area contributed by atoms with Gasteiger partial charge >= 0.3 is 0 Å². The maximum Gasteiger partial charge on any atom is 0.257 e. The highest BCUT2D eigenvalue weighted by Crippen LogP contribution is 2.26. The molecule has 0 unspecified atom stereocenters. The molecule has 1 fully saturated rings. The molecular formula is C14H19NO4. The second kappa shape index (κ2) is 6.43. The molecule has 19 heavy (non-hydrogen) atoms. The van der Waals surface area contributed by atoms with Gasteiger partial charge in [-0.1, -0.05) is 0 Å². The largest absolute Gasteiger partial charge is 0.497 e. The lowest BCUT2D eigenvalue weighted by atomic mass is 9.82. The van der Waals surface area contributed by atoms with Crippen LogP contribution < -0.4 is 14.8 Å². The van der Waals surface area contributed by atoms with Gasteiger partial charge in [-0.2, -0.15) is 0 Å². The van der Waals surface area contributed by atoms with Gasteiger partial charge in [-0.15, -0.1) is 0 Å². The zero-order chi connectivity index (χ0) is 13.7. The summed E-state index contributed by atoms with van der Waals surface area (Å²) in [6, 6.07) is 7.08. The fourth-order valence-electron chi connectivity index (χ4n) is 2.00. The zero-order valence-electron chi connectivity index (χ0n) is 11.0. The van der Waals surface area contributed by atoms with Gasteiger partial charge in [0, 0.05) is 6.54 Å². The Bertz CT molecular complexity index is 412. The number of hydrogen-bond acceptors (Lipinski definition) is 4. The smallest absolute Gasteiger partial charge is 0.257 e. The average molecular weight is 265 g/mol. The number of rotatable bonds is 6. The van der Waals surface area contributed by atoms with Crippen molar-refractivity contribution in [2.24, 2.45) is 5.92 Å². The van der Waals surface area contributed by atoms with Crippen LogP contribution >= 0.6 is 0 Å². The number of benzene rings is 1. The lowest BCUT2D eigenvalue weighted by Crippen LogP contribution is -2.39. The van der Waals surface area contributed by atoms with Gasteiger partial charge in [0.05, 0.1) is 13.2 Å². The molecule has 104 valence electrons. The van der Waals surface area contributed by atoms with Crippen molar-refractivity contribution in [3.8, 4) is 11.5 Å². The number of methoxy groups -OCH3 is 1. The molecule has 0 spiro atoms. The Morgan fingerprint density at radius 3 is 2.53 bits per heavy atom. The summed E-state index contributed by atoms with van der Waals surface area (Å²) in [4.78, 5) is 11.5. The molecule has 0 aliphatic heterocycles. The van der Waals surface area contributed by atoms with Crippen LogP contribution in [-0.2, 0) is 4.79 Å². The molecule has 0 radical (unpaired) electrons. The van der Waals surface area contributed by atoms with E-state index in [4.69, 9.17) is 14.6 Å². The minimum atomic E-state index is -0.183. The Morgan fingerprint density at radius 2 is 1.95 bits per heavy atom. The Labute approximate surface area is 112 Å². The maximum absolute atomic E-state index is 11.5. The van der Waals surface area contributed by atoms with E-state index in [1.165, 1.54) is 0 Å². The Hall–Kier alpha value is -1.75. The first kappa shape index (κ1) is 13.7. The lowest BCUT2D eigenvalue weighted by molar-refractivity contribution is -0.123. The van der Waals surface area contributed by atoms with E-state index >= 15 is 0 Å². The predicted octanol–water partition coefficient (Wildman–Crippen LogP) is 0.961. The summed E-state index contributed by atoms with van der Waals surface area (Å²) in [6.45, 7) is 0.615. The van der Waals surface area contributed by atoms with Gasteiger partial charge in [-0.25, -0.2) is 0 Å². The van der Waals surface area contributed by atoms with Crippen LogP contribution in [0.25, 0.3) is 0 Å². The van der Waals surface area contributed by atoms with E-state index in [0.717, 1.165) is 18.6 Å². The summed E-state index contributed by atoms with van der Waals surface area (Å²) in [5, 5.41) is 11.9. The molecule has 1 aliphatic rings. The van der Waals surface area contributed by atoms with Crippen molar-refractivity contribution in [2.75, 3.05) is 20.3 Å². The van der Waals surface area contributed by atoms with Gasteiger partial charge in [-0.05, 0) is 43.0 Å². The normalized spacial score (nSPS) is 21.4. The van der Waals surface area contributed by atoms with Gasteiger partial charge < -0.3 is 19.9 Å². The zero-order valence-corrected chi connectivity index (χ0v) is 11.0. The summed E-state index contributed by atoms with van der Waals surface area (Å²) in [6.07, 6.45) is 1.37. The van der Waals surface area contributed by atoms with Crippen molar-refractivity contribution in [3.05, 3.63) is 24.3 Å². The van der Waals surface area contributed by atoms with Gasteiger partial charge in [0.2, 0.25) is 0 Å². The van der Waals surface area contributed by atoms with Gasteiger partial charge in [0.25, 0.3) is 5.91 Å². The third kappa shape index (κ3) is 4.13. The van der Waals surface area contributed by atoms with Gasteiger partial charge in [0.1, 0.15) is 11.5 Å². The molecule has 1 aromatic carbocycles. The number of aliphatic hydroxyl groups excluding tert-OH is 1. The van der Waals surface area contributed by atoms with Crippen molar-refractivity contribution in [1.82, 2.24) is 5.32 Å². The Morgan fingerprint density at radius 1 is 1.32 bits per heavy atom. The maximum atomic E-state index is 11.5. The van der Waals surface area contributed by atoms with E-state index in [1.54, 1.807) is 31.4 Å². The molecule has 0 atom stereocenters. The average Bonchev–Trinajstić information content (AvgIpc) is 2.40. The van der Waals surface area contributed by atoms with E-state index in [1.807, 2.05) is 0 Å². The van der Waals surface area contributed by atoms with Crippen molar-refractivity contribution >= 4 is 5.91 Å². The molecule has 0 aromatic heterocycles. The van der Waals surface area contributed by atoms with Crippen molar-refractivity contribution in [1.29, 1.82) is 0 Å². The molecule has 0 heterocycles. The van der Waals surface area contributed by atoms with Gasteiger partial charge in [0.15, 0.2) is 6.61 Å². The van der Waals surface area contributed by atoms with Crippen LogP contribution in [0.5, 0.6) is 11.5 Å². The highest BCUT2D eigenvalue weighted by molar-refractivity contribution is 5.77. The predicted molar refractivity (Wildman–Crippen MR) is 70.2 cm³/mol. The number of carbonyl (C=O) groups is 1. The first-order valence-electron chi connectivity index (χ1n) is 6.39. The third-order valence-corrected chi connectivity index (χ3v) is 3.23. The fourth-order valence-corrected chi connectivity index (χ4v) is 2.00. The Balaban J connectivity index is 1.65. The highest BCUT2D eigenvalue weighted by atomic mass is 16.5. The summed E-state index contributed by atoms with van der Waals surface area (Å²) >= 11 is 0. The minimum absolute atomic E-state index is 0.00159. The lowest BCUT2D eigenvalue weighted by Gasteiger charge is -2.31. The molecule has 5 heteroatoms. The van der Waals surface area contributed by atoms with E-state index in [-0.39, 0.29) is 18.6 Å². The molecule has 1 saturated carbocycles. The summed E-state index contributed by atoms with van der Waals surface area (Å²) in [7, 11) is 1.60. The first-order chi connectivity index (χ1) is 9.17. The summed E-state index contributed by atoms with van der Waals surface area (Å²) < 4.78 is 10.4. The van der Waals surface area contributed by atoms with Crippen molar-refractivity contribution in [3.63, 3.8) is 0 Å². The molecule has 1 aromatic rings. The van der Waals surface area contributed by atoms with Crippen LogP contribution in [-0.4, -0.2) is 37.4 Å². The number of ether oxygens (including phenoxy) is 2. The molecule has 2 rings (SSSR count). The SMILES string of the molecule is COc1ccc(OCC(=O)NCC2CC(O)C2)cc1. The number of aliphatic hydroxyl groups is 1. The number of carbonyl (C=O) groups excluding carboxylic acids is 1. The van der Waals surface area contributed by atoms with Crippen molar-refractivity contribution < 1.29 is 19.4 Å². The van der Waals surface area contributed by atoms with Crippen LogP contribution in [0.15, 0.2) is 24.3 Å². The van der Waals surface area contributed by atoms with E-state index in [2.05, 4.69) is 5.32 Å². The fraction of sp³-hybridized carbons (Fsp3) is 0.500. The third-order valence-electron chi connectivity index (χ3n) is 3.23. The standard InChI is InChI=1S/C14H19NO4/c1-18-12-2-4-13(5-3-12)19-9-14(17)15-8-10-6-11(16)7-10/h2-5,10-11,16H,6-9H2,1H3,(H,15,17). The quantitative estimate of drug-likeness (QED) is 0.804. The second-order valence-electron chi connectivity index (χ2n) is 4.76. The Kier molecular flexibility index (Phi) is 4.63. The molecule has 2 N–H and O–H groups in total. The van der Waals surface area contributed by atoms with Crippen LogP contribution in [0, 0.1) is 5.92 Å². The van der Waals surface area contributed by atoms with E-state index < -0.39 is 0 Å². The molecule has 1 aliphatic carbocycles. The molecule has 0 bridgehead atoms. The first-order valence-corrected chi connectivity index (χ1v) is 6.39. The topological polar surface area (TPSA) is 67.8 Å². The number of hydrogen-bond donors (Lipinski definition) is 2. The highest BCUT2D eigenvalue weighted by Gasteiger charge is 2.27. The van der Waals surface area contributed by atoms with E-state index in [9.17, 15) is 4.79 Å². The van der Waals surface area contributed by atoms with Crippen LogP contribution in [0.2, 0.25) is 0 Å². The van der Waals surface area contributed by atoms with E-state index in [0.29, 0.717) is 18.2 Å². The summed E-state index contributed by atoms with van der Waals surface area (Å²) in [5.41, 5.74) is 0. The van der Waals surface area contributed by atoms with Gasteiger partial charge in [-0.3, -0.25) is 4.79 Å². The van der Waals surface area contributed by atoms with Crippen LogP contribution in [0.3, 0.4) is 0 Å². The van der Waals surface area contributed by atoms with Crippen LogP contribution in [0.4, 0.5) is 0 Å². The monoisotopic (exact) mass is 265 g/mol. The van der Waals surface area contributed by atoms with Crippen molar-refractivity contribution in [2.45, 2.75) is 18.9 Å². The number of amides is 1. The molecule has 5 nitrogen and oxygen atoms in total. The minimum Gasteiger partial charge on any atom is -0.497 e. The number of nitrogens with one attached hydrogen (secondary N) is 1. The summed E-state index contributed by atoms with van der Waals surface area (Å²) in [5.74, 6) is 1.65. The molecule has 1 amide bonds. The van der Waals surface area contributed by atoms with Crippen LogP contribution in [0.1, 0.15) is 12.8 Å². The molecular weight excluding hydrogens is 246 g/mol. The molecule has 0 saturated heterocycles.